The van der Waals surface area contributed by atoms with Gasteiger partial charge >= 0.3 is 6.18 Å². The van der Waals surface area contributed by atoms with E-state index in [1.807, 2.05) is 20.8 Å². The number of anilines is 1. The summed E-state index contributed by atoms with van der Waals surface area (Å²) < 4.78 is 103. The van der Waals surface area contributed by atoms with Gasteiger partial charge in [-0.1, -0.05) is 50.6 Å². The topological polar surface area (TPSA) is 90.9 Å². The van der Waals surface area contributed by atoms with E-state index in [1.165, 1.54) is 44.9 Å². The molecule has 0 spiro atoms. The normalized spacial score (nSPS) is 18.4. The molecule has 0 radical (unpaired) electrons. The summed E-state index contributed by atoms with van der Waals surface area (Å²) in [6.45, 7) is 5.77. The van der Waals surface area contributed by atoms with Crippen LogP contribution in [0.4, 0.5) is 23.4 Å². The molecule has 50 heavy (non-hydrogen) atoms. The van der Waals surface area contributed by atoms with E-state index in [0.717, 1.165) is 22.5 Å². The first-order valence-corrected chi connectivity index (χ1v) is 17.7. The van der Waals surface area contributed by atoms with E-state index in [1.54, 1.807) is 24.3 Å². The Labute approximate surface area is 294 Å². The summed E-state index contributed by atoms with van der Waals surface area (Å²) in [6.07, 6.45) is -0.837. The summed E-state index contributed by atoms with van der Waals surface area (Å²) in [5.41, 5.74) is 0.0294. The Morgan fingerprint density at radius 3 is 2.36 bits per heavy atom. The lowest BCUT2D eigenvalue weighted by Gasteiger charge is -2.43. The van der Waals surface area contributed by atoms with Crippen LogP contribution >= 0.6 is 11.6 Å². The predicted molar refractivity (Wildman–Crippen MR) is 182 cm³/mol. The zero-order chi connectivity index (χ0) is 36.4. The molecule has 0 N–H and O–H groups in total. The summed E-state index contributed by atoms with van der Waals surface area (Å²) in [6, 6.07) is 13.6. The summed E-state index contributed by atoms with van der Waals surface area (Å²) in [5, 5.41) is -0.123. The van der Waals surface area contributed by atoms with E-state index < -0.39 is 38.6 Å². The minimum Gasteiger partial charge on any atom is -0.497 e. The van der Waals surface area contributed by atoms with Gasteiger partial charge in [0, 0.05) is 35.9 Å². The lowest BCUT2D eigenvalue weighted by atomic mass is 9.66. The molecule has 1 fully saturated rings. The van der Waals surface area contributed by atoms with E-state index in [-0.39, 0.29) is 40.4 Å². The SMILES string of the molecule is COc1ccc(CN(c2ccncn2)S(=O)(=O)c2cc(Cl)c(O[C@H]3CC[C@H](c4cccc(C(F)(F)F)c4)CC3C(C)(C)C)cc2F)c(OC)c1. The number of hydrogen-bond donors (Lipinski definition) is 0. The van der Waals surface area contributed by atoms with Crippen molar-refractivity contribution >= 4 is 27.4 Å². The number of hydrogen-bond acceptors (Lipinski definition) is 7. The molecule has 268 valence electrons. The van der Waals surface area contributed by atoms with Crippen molar-refractivity contribution in [2.45, 2.75) is 69.7 Å². The standard InChI is InChI=1S/C36H38ClF4N3O5S/c1-35(2,3)27-16-23(22-7-6-8-25(15-22)36(39,40)41)10-12-30(27)49-32-19-29(38)33(18-28(32)37)50(45,46)44(34-13-14-42-21-43-34)20-24-9-11-26(47-4)17-31(24)48-5/h6-9,11,13-15,17-19,21,23,27,30H,10,12,16,20H2,1-5H3/t23-,27?,30-/m0/s1. The van der Waals surface area contributed by atoms with Gasteiger partial charge in [0.2, 0.25) is 0 Å². The van der Waals surface area contributed by atoms with Crippen molar-refractivity contribution in [3.8, 4) is 17.2 Å². The fourth-order valence-electron chi connectivity index (χ4n) is 6.40. The van der Waals surface area contributed by atoms with Crippen molar-refractivity contribution in [2.75, 3.05) is 18.5 Å². The zero-order valence-corrected chi connectivity index (χ0v) is 29.7. The van der Waals surface area contributed by atoms with Crippen LogP contribution in [-0.4, -0.2) is 38.7 Å². The highest BCUT2D eigenvalue weighted by atomic mass is 35.5. The molecule has 14 heteroatoms. The van der Waals surface area contributed by atoms with Crippen LogP contribution in [0.25, 0.3) is 0 Å². The molecule has 0 aliphatic heterocycles. The second kappa shape index (κ2) is 14.6. The van der Waals surface area contributed by atoms with Crippen LogP contribution < -0.4 is 18.5 Å². The second-order valence-corrected chi connectivity index (χ2v) is 15.5. The van der Waals surface area contributed by atoms with Gasteiger partial charge < -0.3 is 14.2 Å². The zero-order valence-electron chi connectivity index (χ0n) is 28.2. The summed E-state index contributed by atoms with van der Waals surface area (Å²) >= 11 is 6.62. The lowest BCUT2D eigenvalue weighted by molar-refractivity contribution is -0.137. The fourth-order valence-corrected chi connectivity index (χ4v) is 8.15. The van der Waals surface area contributed by atoms with Crippen molar-refractivity contribution in [3.63, 3.8) is 0 Å². The largest absolute Gasteiger partial charge is 0.497 e. The molecule has 1 aliphatic carbocycles. The molecule has 3 atom stereocenters. The minimum absolute atomic E-state index is 0.0146. The average molecular weight is 736 g/mol. The number of ether oxygens (including phenoxy) is 3. The molecule has 0 amide bonds. The van der Waals surface area contributed by atoms with E-state index in [2.05, 4.69) is 9.97 Å². The van der Waals surface area contributed by atoms with E-state index >= 15 is 4.39 Å². The number of rotatable bonds is 10. The Bertz CT molecular complexity index is 1920. The van der Waals surface area contributed by atoms with Crippen molar-refractivity contribution in [3.05, 3.63) is 101 Å². The molecule has 1 heterocycles. The van der Waals surface area contributed by atoms with Crippen LogP contribution in [0.5, 0.6) is 17.2 Å². The Hall–Kier alpha value is -4.10. The number of halogens is 5. The highest BCUT2D eigenvalue weighted by Crippen LogP contribution is 2.47. The molecule has 5 rings (SSSR count). The average Bonchev–Trinajstić information content (AvgIpc) is 3.08. The Morgan fingerprint density at radius 1 is 0.960 bits per heavy atom. The van der Waals surface area contributed by atoms with Crippen LogP contribution in [0.1, 0.15) is 62.6 Å². The maximum Gasteiger partial charge on any atom is 0.416 e. The molecule has 4 aromatic rings. The number of sulfonamides is 1. The first-order chi connectivity index (χ1) is 23.5. The second-order valence-electron chi connectivity index (χ2n) is 13.2. The highest BCUT2D eigenvalue weighted by molar-refractivity contribution is 7.92. The van der Waals surface area contributed by atoms with E-state index in [4.69, 9.17) is 25.8 Å². The molecular formula is C36H38ClF4N3O5S. The molecule has 3 aromatic carbocycles. The monoisotopic (exact) mass is 735 g/mol. The van der Waals surface area contributed by atoms with Gasteiger partial charge in [-0.3, -0.25) is 0 Å². The van der Waals surface area contributed by atoms with Crippen LogP contribution in [-0.2, 0) is 22.7 Å². The van der Waals surface area contributed by atoms with Gasteiger partial charge in [0.15, 0.2) is 0 Å². The van der Waals surface area contributed by atoms with Gasteiger partial charge in [-0.05, 0) is 60.4 Å². The summed E-state index contributed by atoms with van der Waals surface area (Å²) in [7, 11) is -1.70. The molecule has 0 bridgehead atoms. The molecular weight excluding hydrogens is 698 g/mol. The Morgan fingerprint density at radius 2 is 1.72 bits per heavy atom. The minimum atomic E-state index is -4.62. The number of alkyl halides is 3. The predicted octanol–water partition coefficient (Wildman–Crippen LogP) is 9.08. The number of nitrogens with zero attached hydrogens (tertiary/aromatic N) is 3. The van der Waals surface area contributed by atoms with Gasteiger partial charge in [0.1, 0.15) is 46.2 Å². The highest BCUT2D eigenvalue weighted by Gasteiger charge is 2.41. The summed E-state index contributed by atoms with van der Waals surface area (Å²) in [4.78, 5) is 7.29. The number of benzene rings is 3. The maximum atomic E-state index is 16.0. The third-order valence-corrected chi connectivity index (χ3v) is 11.1. The van der Waals surface area contributed by atoms with E-state index in [9.17, 15) is 21.6 Å². The van der Waals surface area contributed by atoms with Crippen molar-refractivity contribution < 1.29 is 40.2 Å². The smallest absolute Gasteiger partial charge is 0.416 e. The molecule has 8 nitrogen and oxygen atoms in total. The van der Waals surface area contributed by atoms with Gasteiger partial charge in [0.05, 0.1) is 31.4 Å². The molecule has 1 saturated carbocycles. The van der Waals surface area contributed by atoms with Crippen molar-refractivity contribution in [1.82, 2.24) is 9.97 Å². The number of methoxy groups -OCH3 is 2. The number of aromatic nitrogens is 2. The first-order valence-electron chi connectivity index (χ1n) is 15.9. The third kappa shape index (κ3) is 8.10. The molecule has 0 saturated heterocycles. The lowest BCUT2D eigenvalue weighted by Crippen LogP contribution is -2.40. The summed E-state index contributed by atoms with van der Waals surface area (Å²) in [5.74, 6) is -0.589. The van der Waals surface area contributed by atoms with Gasteiger partial charge in [-0.15, -0.1) is 0 Å². The molecule has 1 aliphatic rings. The molecule has 1 unspecified atom stereocenters. The first kappa shape index (κ1) is 37.2. The third-order valence-electron chi connectivity index (χ3n) is 9.05. The van der Waals surface area contributed by atoms with Crippen LogP contribution in [0.3, 0.4) is 0 Å². The van der Waals surface area contributed by atoms with Crippen LogP contribution in [0, 0.1) is 17.2 Å². The van der Waals surface area contributed by atoms with Gasteiger partial charge in [-0.2, -0.15) is 13.2 Å². The Balaban J connectivity index is 1.44. The maximum absolute atomic E-state index is 16.0. The van der Waals surface area contributed by atoms with E-state index in [0.29, 0.717) is 41.9 Å². The molecule has 1 aromatic heterocycles. The quantitative estimate of drug-likeness (QED) is 0.150. The van der Waals surface area contributed by atoms with Gasteiger partial charge in [-0.25, -0.2) is 27.1 Å². The van der Waals surface area contributed by atoms with Crippen LogP contribution in [0.15, 0.2) is 78.1 Å². The Kier molecular flexibility index (Phi) is 10.9. The van der Waals surface area contributed by atoms with Crippen LogP contribution in [0.2, 0.25) is 5.02 Å². The van der Waals surface area contributed by atoms with Gasteiger partial charge in [0.25, 0.3) is 10.0 Å². The fraction of sp³-hybridized carbons (Fsp3) is 0.389. The van der Waals surface area contributed by atoms with Crippen molar-refractivity contribution in [1.29, 1.82) is 0 Å². The van der Waals surface area contributed by atoms with Crippen molar-refractivity contribution in [2.24, 2.45) is 11.3 Å².